The lowest BCUT2D eigenvalue weighted by atomic mass is 9.90. The Kier molecular flexibility index (Phi) is 11.0. The van der Waals surface area contributed by atoms with Gasteiger partial charge in [0.05, 0.1) is 18.8 Å². The van der Waals surface area contributed by atoms with E-state index in [1.807, 2.05) is 18.2 Å². The van der Waals surface area contributed by atoms with Crippen LogP contribution in [-0.4, -0.2) is 17.3 Å². The number of hydrogen-bond acceptors (Lipinski definition) is 2. The van der Waals surface area contributed by atoms with Crippen molar-refractivity contribution in [2.75, 3.05) is 6.61 Å². The molecule has 0 amide bonds. The van der Waals surface area contributed by atoms with Gasteiger partial charge in [0.1, 0.15) is 0 Å². The fourth-order valence-corrected chi connectivity index (χ4v) is 2.96. The molecule has 0 aliphatic heterocycles. The van der Waals surface area contributed by atoms with Crippen LogP contribution in [0.25, 0.3) is 0 Å². The standard InChI is InChI=1S/C21H36O2/c1-3-5-7-12-16-21(22,17-13-8-6-4-2)19-23-18-20-14-10-9-11-15-20/h9-11,14-15,22H,3-8,12-13,16-19H2,1-2H3. The molecule has 0 bridgehead atoms. The molecular weight excluding hydrogens is 284 g/mol. The van der Waals surface area contributed by atoms with E-state index in [-0.39, 0.29) is 0 Å². The third-order valence-electron chi connectivity index (χ3n) is 4.47. The van der Waals surface area contributed by atoms with Crippen molar-refractivity contribution >= 4 is 0 Å². The van der Waals surface area contributed by atoms with E-state index in [4.69, 9.17) is 4.74 Å². The summed E-state index contributed by atoms with van der Waals surface area (Å²) in [6.45, 7) is 5.49. The summed E-state index contributed by atoms with van der Waals surface area (Å²) in [7, 11) is 0. The first-order valence-electron chi connectivity index (χ1n) is 9.54. The summed E-state index contributed by atoms with van der Waals surface area (Å²) in [6, 6.07) is 10.2. The molecule has 0 saturated heterocycles. The second-order valence-electron chi connectivity index (χ2n) is 6.82. The van der Waals surface area contributed by atoms with Crippen LogP contribution in [0.4, 0.5) is 0 Å². The third-order valence-corrected chi connectivity index (χ3v) is 4.47. The molecule has 0 unspecified atom stereocenters. The number of hydrogen-bond donors (Lipinski definition) is 1. The molecule has 1 rings (SSSR count). The Morgan fingerprint density at radius 1 is 0.826 bits per heavy atom. The van der Waals surface area contributed by atoms with Crippen LogP contribution in [-0.2, 0) is 11.3 Å². The van der Waals surface area contributed by atoms with Gasteiger partial charge in [0.2, 0.25) is 0 Å². The SMILES string of the molecule is CCCCCCC(O)(CCCCCC)COCc1ccccc1. The van der Waals surface area contributed by atoms with Gasteiger partial charge in [-0.2, -0.15) is 0 Å². The molecule has 23 heavy (non-hydrogen) atoms. The van der Waals surface area contributed by atoms with Gasteiger partial charge in [0, 0.05) is 0 Å². The lowest BCUT2D eigenvalue weighted by molar-refractivity contribution is -0.0646. The molecule has 0 aromatic heterocycles. The number of aliphatic hydroxyl groups is 1. The largest absolute Gasteiger partial charge is 0.387 e. The van der Waals surface area contributed by atoms with E-state index < -0.39 is 5.60 Å². The maximum absolute atomic E-state index is 11.0. The quantitative estimate of drug-likeness (QED) is 0.434. The van der Waals surface area contributed by atoms with Crippen LogP contribution >= 0.6 is 0 Å². The first-order chi connectivity index (χ1) is 11.2. The molecule has 0 atom stereocenters. The molecule has 0 fully saturated rings. The lowest BCUT2D eigenvalue weighted by Gasteiger charge is -2.28. The molecule has 0 spiro atoms. The van der Waals surface area contributed by atoms with Gasteiger partial charge >= 0.3 is 0 Å². The van der Waals surface area contributed by atoms with Crippen molar-refractivity contribution < 1.29 is 9.84 Å². The molecule has 0 saturated carbocycles. The van der Waals surface area contributed by atoms with E-state index in [0.717, 1.165) is 25.7 Å². The summed E-state index contributed by atoms with van der Waals surface area (Å²) in [5, 5.41) is 11.0. The third kappa shape index (κ3) is 9.78. The van der Waals surface area contributed by atoms with E-state index in [1.165, 1.54) is 44.1 Å². The zero-order chi connectivity index (χ0) is 16.8. The van der Waals surface area contributed by atoms with Crippen LogP contribution in [0.3, 0.4) is 0 Å². The Labute approximate surface area is 143 Å². The molecule has 2 nitrogen and oxygen atoms in total. The van der Waals surface area contributed by atoms with E-state index >= 15 is 0 Å². The summed E-state index contributed by atoms with van der Waals surface area (Å²) in [5.41, 5.74) is 0.530. The fraction of sp³-hybridized carbons (Fsp3) is 0.714. The van der Waals surface area contributed by atoms with Crippen LogP contribution < -0.4 is 0 Å². The number of benzene rings is 1. The first-order valence-corrected chi connectivity index (χ1v) is 9.54. The Morgan fingerprint density at radius 2 is 1.39 bits per heavy atom. The van der Waals surface area contributed by atoms with E-state index in [0.29, 0.717) is 13.2 Å². The second kappa shape index (κ2) is 12.5. The summed E-state index contributed by atoms with van der Waals surface area (Å²) in [4.78, 5) is 0. The van der Waals surface area contributed by atoms with Crippen molar-refractivity contribution in [1.82, 2.24) is 0 Å². The minimum atomic E-state index is -0.643. The average molecular weight is 321 g/mol. The minimum Gasteiger partial charge on any atom is -0.387 e. The van der Waals surface area contributed by atoms with Gasteiger partial charge in [-0.05, 0) is 18.4 Å². The number of ether oxygens (including phenoxy) is 1. The highest BCUT2D eigenvalue weighted by molar-refractivity contribution is 5.13. The molecule has 132 valence electrons. The van der Waals surface area contributed by atoms with Crippen molar-refractivity contribution in [3.63, 3.8) is 0 Å². The summed E-state index contributed by atoms with van der Waals surface area (Å²) < 4.78 is 5.85. The van der Waals surface area contributed by atoms with Crippen LogP contribution in [0.15, 0.2) is 30.3 Å². The van der Waals surface area contributed by atoms with E-state index in [1.54, 1.807) is 0 Å². The highest BCUT2D eigenvalue weighted by Crippen LogP contribution is 2.24. The highest BCUT2D eigenvalue weighted by Gasteiger charge is 2.26. The molecule has 2 heteroatoms. The summed E-state index contributed by atoms with van der Waals surface area (Å²) >= 11 is 0. The van der Waals surface area contributed by atoms with Gasteiger partial charge in [-0.15, -0.1) is 0 Å². The van der Waals surface area contributed by atoms with Crippen molar-refractivity contribution in [3.05, 3.63) is 35.9 Å². The zero-order valence-corrected chi connectivity index (χ0v) is 15.2. The molecule has 0 aliphatic rings. The van der Waals surface area contributed by atoms with Crippen LogP contribution in [0.1, 0.15) is 83.6 Å². The van der Waals surface area contributed by atoms with Gasteiger partial charge in [-0.1, -0.05) is 95.5 Å². The Morgan fingerprint density at radius 3 is 1.91 bits per heavy atom. The van der Waals surface area contributed by atoms with Gasteiger partial charge < -0.3 is 9.84 Å². The predicted molar refractivity (Wildman–Crippen MR) is 98.6 cm³/mol. The summed E-state index contributed by atoms with van der Waals surface area (Å²) in [6.07, 6.45) is 11.4. The molecule has 1 N–H and O–H groups in total. The zero-order valence-electron chi connectivity index (χ0n) is 15.2. The Bertz CT molecular complexity index is 363. The van der Waals surface area contributed by atoms with Crippen molar-refractivity contribution in [3.8, 4) is 0 Å². The minimum absolute atomic E-state index is 0.458. The predicted octanol–water partition coefficient (Wildman–Crippen LogP) is 5.88. The Balaban J connectivity index is 2.38. The molecular formula is C21H36O2. The highest BCUT2D eigenvalue weighted by atomic mass is 16.5. The van der Waals surface area contributed by atoms with E-state index in [9.17, 15) is 5.11 Å². The van der Waals surface area contributed by atoms with Gasteiger partial charge in [-0.3, -0.25) is 0 Å². The second-order valence-corrected chi connectivity index (χ2v) is 6.82. The maximum Gasteiger partial charge on any atom is 0.0880 e. The number of rotatable bonds is 14. The molecule has 0 heterocycles. The van der Waals surface area contributed by atoms with E-state index in [2.05, 4.69) is 26.0 Å². The van der Waals surface area contributed by atoms with Crippen molar-refractivity contribution in [2.24, 2.45) is 0 Å². The Hall–Kier alpha value is -0.860. The lowest BCUT2D eigenvalue weighted by Crippen LogP contribution is -2.34. The fourth-order valence-electron chi connectivity index (χ4n) is 2.96. The van der Waals surface area contributed by atoms with Gasteiger partial charge in [0.15, 0.2) is 0 Å². The van der Waals surface area contributed by atoms with Crippen LogP contribution in [0.5, 0.6) is 0 Å². The normalized spacial score (nSPS) is 11.8. The molecule has 0 radical (unpaired) electrons. The first kappa shape index (κ1) is 20.2. The van der Waals surface area contributed by atoms with Gasteiger partial charge in [0.25, 0.3) is 0 Å². The smallest absolute Gasteiger partial charge is 0.0880 e. The van der Waals surface area contributed by atoms with Crippen molar-refractivity contribution in [2.45, 2.75) is 90.3 Å². The average Bonchev–Trinajstić information content (AvgIpc) is 2.57. The molecule has 1 aromatic carbocycles. The van der Waals surface area contributed by atoms with Gasteiger partial charge in [-0.25, -0.2) is 0 Å². The number of unbranched alkanes of at least 4 members (excludes halogenated alkanes) is 6. The van der Waals surface area contributed by atoms with Crippen LogP contribution in [0, 0.1) is 0 Å². The topological polar surface area (TPSA) is 29.5 Å². The maximum atomic E-state index is 11.0. The van der Waals surface area contributed by atoms with Crippen LogP contribution in [0.2, 0.25) is 0 Å². The molecule has 1 aromatic rings. The molecule has 0 aliphatic carbocycles. The summed E-state index contributed by atoms with van der Waals surface area (Å²) in [5.74, 6) is 0. The monoisotopic (exact) mass is 320 g/mol. The van der Waals surface area contributed by atoms with Crippen molar-refractivity contribution in [1.29, 1.82) is 0 Å².